The zero-order valence-electron chi connectivity index (χ0n) is 9.52. The van der Waals surface area contributed by atoms with Gasteiger partial charge in [0.2, 0.25) is 0 Å². The van der Waals surface area contributed by atoms with Crippen LogP contribution >= 0.6 is 0 Å². The van der Waals surface area contributed by atoms with Crippen molar-refractivity contribution in [2.45, 2.75) is 6.18 Å². The van der Waals surface area contributed by atoms with Crippen molar-refractivity contribution in [1.82, 2.24) is 20.5 Å². The Labute approximate surface area is 105 Å². The number of hydrogen-bond donors (Lipinski definition) is 1. The topological polar surface area (TPSA) is 69.0 Å². The van der Waals surface area contributed by atoms with Gasteiger partial charge in [0.05, 0.1) is 0 Å². The number of carbonyl (C=O) groups excluding carboxylic acids is 1. The van der Waals surface area contributed by atoms with E-state index in [2.05, 4.69) is 10.3 Å². The molecule has 0 aliphatic heterocycles. The molecule has 0 saturated carbocycles. The molecule has 0 spiro atoms. The lowest BCUT2D eigenvalue weighted by atomic mass is 10.3. The first kappa shape index (κ1) is 13.1. The number of alkyl halides is 3. The number of rotatable bonds is 4. The van der Waals surface area contributed by atoms with Gasteiger partial charge in [-0.25, -0.2) is 0 Å². The molecule has 0 atom stereocenters. The van der Waals surface area contributed by atoms with Crippen LogP contribution in [-0.2, 0) is 4.79 Å². The van der Waals surface area contributed by atoms with Gasteiger partial charge in [-0.1, -0.05) is 17.0 Å². The van der Waals surface area contributed by atoms with Gasteiger partial charge in [-0.3, -0.25) is 4.79 Å². The summed E-state index contributed by atoms with van der Waals surface area (Å²) in [5.41, 5.74) is 1.07. The third-order valence-electron chi connectivity index (χ3n) is 2.13. The number of nitrogens with one attached hydrogen (secondary N) is 1. The normalized spacial score (nSPS) is 11.5. The molecule has 0 fully saturated rings. The molecule has 1 aromatic carbocycles. The van der Waals surface area contributed by atoms with Crippen LogP contribution in [0.4, 0.5) is 13.2 Å². The highest BCUT2D eigenvalue weighted by Gasteiger charge is 2.27. The summed E-state index contributed by atoms with van der Waals surface area (Å²) < 4.78 is 35.6. The molecule has 9 heteroatoms. The van der Waals surface area contributed by atoms with E-state index in [1.807, 2.05) is 0 Å². The van der Waals surface area contributed by atoms with Crippen molar-refractivity contribution in [2.24, 2.45) is 0 Å². The third kappa shape index (κ3) is 3.57. The molecular formula is C10H9F3N4O2. The van der Waals surface area contributed by atoms with E-state index in [-0.39, 0.29) is 0 Å². The molecule has 1 N–H and O–H groups in total. The van der Waals surface area contributed by atoms with Gasteiger partial charge in [-0.15, -0.1) is 5.10 Å². The second-order valence-corrected chi connectivity index (χ2v) is 3.62. The Morgan fingerprint density at radius 1 is 1.37 bits per heavy atom. The molecule has 1 aromatic heterocycles. The molecule has 0 radical (unpaired) electrons. The Bertz CT molecular complexity index is 581. The van der Waals surface area contributed by atoms with E-state index in [0.29, 0.717) is 11.0 Å². The van der Waals surface area contributed by atoms with Gasteiger partial charge in [-0.05, 0) is 17.3 Å². The fourth-order valence-electron chi connectivity index (χ4n) is 1.31. The Balaban J connectivity index is 1.90. The number of amides is 1. The average Bonchev–Trinajstić information content (AvgIpc) is 2.76. The first-order chi connectivity index (χ1) is 8.96. The number of halogens is 3. The highest BCUT2D eigenvalue weighted by Crippen LogP contribution is 2.12. The number of para-hydroxylation sites is 1. The predicted molar refractivity (Wildman–Crippen MR) is 58.0 cm³/mol. The zero-order valence-corrected chi connectivity index (χ0v) is 9.52. The summed E-state index contributed by atoms with van der Waals surface area (Å²) >= 11 is 0. The first-order valence-electron chi connectivity index (χ1n) is 5.23. The minimum absolute atomic E-state index is 0.520. The first-order valence-corrected chi connectivity index (χ1v) is 5.23. The number of benzene rings is 1. The van der Waals surface area contributed by atoms with E-state index in [1.54, 1.807) is 29.6 Å². The van der Waals surface area contributed by atoms with Gasteiger partial charge in [0.25, 0.3) is 5.91 Å². The lowest BCUT2D eigenvalue weighted by Gasteiger charge is -2.08. The second kappa shape index (κ2) is 5.12. The van der Waals surface area contributed by atoms with E-state index in [4.69, 9.17) is 4.84 Å². The second-order valence-electron chi connectivity index (χ2n) is 3.62. The molecule has 19 heavy (non-hydrogen) atoms. The van der Waals surface area contributed by atoms with Crippen LogP contribution in [0.3, 0.4) is 0 Å². The molecule has 1 amide bonds. The number of carbonyl (C=O) groups is 1. The summed E-state index contributed by atoms with van der Waals surface area (Å²) in [4.78, 5) is 17.1. The smallest absolute Gasteiger partial charge is 0.385 e. The fourth-order valence-corrected chi connectivity index (χ4v) is 1.31. The summed E-state index contributed by atoms with van der Waals surface area (Å²) in [7, 11) is 0. The van der Waals surface area contributed by atoms with Crippen molar-refractivity contribution in [3.05, 3.63) is 24.3 Å². The average molecular weight is 274 g/mol. The maximum Gasteiger partial charge on any atom is 0.405 e. The Morgan fingerprint density at radius 3 is 2.84 bits per heavy atom. The van der Waals surface area contributed by atoms with Crippen LogP contribution in [0.1, 0.15) is 0 Å². The molecule has 0 bridgehead atoms. The van der Waals surface area contributed by atoms with Gasteiger partial charge in [0.15, 0.2) is 6.61 Å². The van der Waals surface area contributed by atoms with Crippen LogP contribution in [0.15, 0.2) is 24.3 Å². The summed E-state index contributed by atoms with van der Waals surface area (Å²) in [5, 5.41) is 9.06. The molecule has 6 nitrogen and oxygen atoms in total. The summed E-state index contributed by atoms with van der Waals surface area (Å²) in [6, 6.07) is 6.81. The van der Waals surface area contributed by atoms with E-state index in [0.717, 1.165) is 4.85 Å². The summed E-state index contributed by atoms with van der Waals surface area (Å²) in [6.45, 7) is -1.98. The minimum Gasteiger partial charge on any atom is -0.385 e. The van der Waals surface area contributed by atoms with E-state index >= 15 is 0 Å². The Hall–Kier alpha value is -2.32. The van der Waals surface area contributed by atoms with Crippen molar-refractivity contribution in [2.75, 3.05) is 13.2 Å². The maximum absolute atomic E-state index is 11.9. The molecule has 0 aliphatic carbocycles. The SMILES string of the molecule is O=C(COn1nnc2ccccc21)NCC(F)(F)F. The van der Waals surface area contributed by atoms with Crippen molar-refractivity contribution >= 4 is 16.9 Å². The monoisotopic (exact) mass is 274 g/mol. The Morgan fingerprint density at radius 2 is 2.11 bits per heavy atom. The van der Waals surface area contributed by atoms with Gasteiger partial charge in [-0.2, -0.15) is 13.2 Å². The highest BCUT2D eigenvalue weighted by molar-refractivity contribution is 5.77. The highest BCUT2D eigenvalue weighted by atomic mass is 19.4. The van der Waals surface area contributed by atoms with E-state index in [1.165, 1.54) is 0 Å². The van der Waals surface area contributed by atoms with Crippen molar-refractivity contribution in [3.63, 3.8) is 0 Å². The number of nitrogens with zero attached hydrogens (tertiary/aromatic N) is 3. The number of fused-ring (bicyclic) bond motifs is 1. The van der Waals surface area contributed by atoms with Crippen molar-refractivity contribution in [1.29, 1.82) is 0 Å². The molecule has 2 rings (SSSR count). The fraction of sp³-hybridized carbons (Fsp3) is 0.300. The minimum atomic E-state index is -4.45. The Kier molecular flexibility index (Phi) is 3.54. The van der Waals surface area contributed by atoms with Crippen LogP contribution < -0.4 is 10.2 Å². The van der Waals surface area contributed by atoms with E-state index in [9.17, 15) is 18.0 Å². The zero-order chi connectivity index (χ0) is 13.9. The lowest BCUT2D eigenvalue weighted by Crippen LogP contribution is -2.38. The van der Waals surface area contributed by atoms with Gasteiger partial charge >= 0.3 is 6.18 Å². The molecule has 1 heterocycles. The number of aromatic nitrogens is 3. The predicted octanol–water partition coefficient (Wildman–Crippen LogP) is 0.538. The van der Waals surface area contributed by atoms with Crippen LogP contribution in [0.25, 0.3) is 11.0 Å². The molecular weight excluding hydrogens is 265 g/mol. The van der Waals surface area contributed by atoms with Crippen LogP contribution in [0.5, 0.6) is 0 Å². The molecule has 0 saturated heterocycles. The van der Waals surface area contributed by atoms with Gasteiger partial charge in [0.1, 0.15) is 17.6 Å². The molecule has 102 valence electrons. The van der Waals surface area contributed by atoms with Gasteiger partial charge < -0.3 is 10.2 Å². The summed E-state index contributed by atoms with van der Waals surface area (Å²) in [5.74, 6) is -0.892. The van der Waals surface area contributed by atoms with Crippen LogP contribution in [-0.4, -0.2) is 40.4 Å². The number of hydrogen-bond acceptors (Lipinski definition) is 4. The lowest BCUT2D eigenvalue weighted by molar-refractivity contribution is -0.141. The van der Waals surface area contributed by atoms with Gasteiger partial charge in [0, 0.05) is 0 Å². The van der Waals surface area contributed by atoms with Crippen molar-refractivity contribution in [3.8, 4) is 0 Å². The largest absolute Gasteiger partial charge is 0.405 e. The van der Waals surface area contributed by atoms with E-state index < -0.39 is 25.2 Å². The standard InChI is InChI=1S/C10H9F3N4O2/c11-10(12,13)6-14-9(18)5-19-17-8-4-2-1-3-7(8)15-16-17/h1-4H,5-6H2,(H,14,18). The molecule has 0 aliphatic rings. The quantitative estimate of drug-likeness (QED) is 0.883. The summed E-state index contributed by atoms with van der Waals surface area (Å²) in [6.07, 6.45) is -4.45. The molecule has 2 aromatic rings. The maximum atomic E-state index is 11.9. The van der Waals surface area contributed by atoms with Crippen LogP contribution in [0, 0.1) is 0 Å². The third-order valence-corrected chi connectivity index (χ3v) is 2.13. The van der Waals surface area contributed by atoms with Crippen molar-refractivity contribution < 1.29 is 22.8 Å². The van der Waals surface area contributed by atoms with Crippen LogP contribution in [0.2, 0.25) is 0 Å². The molecule has 0 unspecified atom stereocenters.